The van der Waals surface area contributed by atoms with Gasteiger partial charge in [-0.05, 0) is 31.2 Å². The van der Waals surface area contributed by atoms with Crippen LogP contribution < -0.4 is 5.73 Å². The number of anilines is 1. The Kier molecular flexibility index (Phi) is 3.18. The molecule has 0 unspecified atom stereocenters. The fourth-order valence-corrected chi connectivity index (χ4v) is 1.62. The molecule has 100 valence electrons. The molecule has 0 atom stereocenters. The van der Waals surface area contributed by atoms with Gasteiger partial charge in [0.15, 0.2) is 0 Å². The first-order valence-corrected chi connectivity index (χ1v) is 5.38. The van der Waals surface area contributed by atoms with E-state index in [0.717, 1.165) is 12.1 Å². The molecule has 2 N–H and O–H groups in total. The molecule has 0 bridgehead atoms. The fourth-order valence-electron chi connectivity index (χ4n) is 1.62. The minimum absolute atomic E-state index is 0.172. The van der Waals surface area contributed by atoms with E-state index in [4.69, 9.17) is 5.73 Å². The van der Waals surface area contributed by atoms with Crippen molar-refractivity contribution in [2.24, 2.45) is 0 Å². The average molecular weight is 270 g/mol. The van der Waals surface area contributed by atoms with Crippen molar-refractivity contribution in [1.29, 1.82) is 0 Å². The summed E-state index contributed by atoms with van der Waals surface area (Å²) in [5.74, 6) is -0.752. The zero-order chi connectivity index (χ0) is 14.2. The van der Waals surface area contributed by atoms with Crippen molar-refractivity contribution in [2.45, 2.75) is 13.1 Å². The Morgan fingerprint density at radius 3 is 2.42 bits per heavy atom. The van der Waals surface area contributed by atoms with E-state index in [-0.39, 0.29) is 11.1 Å². The summed E-state index contributed by atoms with van der Waals surface area (Å²) in [6.07, 6.45) is -3.23. The molecule has 6 heteroatoms. The van der Waals surface area contributed by atoms with Crippen molar-refractivity contribution in [1.82, 2.24) is 4.98 Å². The van der Waals surface area contributed by atoms with Gasteiger partial charge in [0.2, 0.25) is 0 Å². The number of hydrogen-bond donors (Lipinski definition) is 1. The number of aryl methyl sites for hydroxylation is 1. The van der Waals surface area contributed by atoms with Crippen LogP contribution in [-0.4, -0.2) is 4.98 Å². The van der Waals surface area contributed by atoms with Crippen LogP contribution in [-0.2, 0) is 6.18 Å². The molecule has 2 rings (SSSR count). The second-order valence-electron chi connectivity index (χ2n) is 4.09. The normalized spacial score (nSPS) is 11.6. The van der Waals surface area contributed by atoms with E-state index in [1.165, 1.54) is 12.3 Å². The number of nitrogens with zero attached hydrogens (tertiary/aromatic N) is 1. The van der Waals surface area contributed by atoms with Crippen molar-refractivity contribution in [3.8, 4) is 11.1 Å². The van der Waals surface area contributed by atoms with Crippen LogP contribution >= 0.6 is 0 Å². The summed E-state index contributed by atoms with van der Waals surface area (Å²) < 4.78 is 51.4. The second-order valence-corrected chi connectivity index (χ2v) is 4.09. The number of aromatic nitrogens is 1. The molecule has 0 aliphatic rings. The summed E-state index contributed by atoms with van der Waals surface area (Å²) in [6, 6.07) is 3.64. The van der Waals surface area contributed by atoms with Crippen LogP contribution in [0, 0.1) is 12.7 Å². The Balaban J connectivity index is 2.58. The van der Waals surface area contributed by atoms with E-state index in [0.29, 0.717) is 17.4 Å². The largest absolute Gasteiger partial charge is 0.416 e. The molecule has 1 heterocycles. The van der Waals surface area contributed by atoms with Crippen LogP contribution in [0.1, 0.15) is 11.3 Å². The lowest BCUT2D eigenvalue weighted by atomic mass is 10.0. The van der Waals surface area contributed by atoms with Gasteiger partial charge in [-0.3, -0.25) is 4.98 Å². The third-order valence-electron chi connectivity index (χ3n) is 2.73. The number of nitrogens with two attached hydrogens (primary N) is 1. The van der Waals surface area contributed by atoms with Crippen molar-refractivity contribution < 1.29 is 17.6 Å². The van der Waals surface area contributed by atoms with E-state index >= 15 is 0 Å². The first kappa shape index (κ1) is 13.3. The molecule has 0 saturated carbocycles. The Hall–Kier alpha value is -2.11. The van der Waals surface area contributed by atoms with Crippen LogP contribution in [0.25, 0.3) is 11.1 Å². The molecule has 2 nitrogen and oxygen atoms in total. The number of rotatable bonds is 1. The predicted octanol–water partition coefficient (Wildman–Crippen LogP) is 3.80. The molecule has 0 amide bonds. The Bertz CT molecular complexity index is 621. The minimum atomic E-state index is -4.52. The van der Waals surface area contributed by atoms with E-state index in [2.05, 4.69) is 4.98 Å². The number of hydrogen-bond acceptors (Lipinski definition) is 2. The summed E-state index contributed by atoms with van der Waals surface area (Å²) in [5.41, 5.74) is 5.59. The zero-order valence-corrected chi connectivity index (χ0v) is 9.92. The molecule has 2 aromatic rings. The van der Waals surface area contributed by atoms with E-state index in [1.54, 1.807) is 6.92 Å². The number of pyridine rings is 1. The van der Waals surface area contributed by atoms with Crippen LogP contribution in [0.2, 0.25) is 0 Å². The summed E-state index contributed by atoms with van der Waals surface area (Å²) in [4.78, 5) is 3.92. The maximum atomic E-state index is 13.6. The van der Waals surface area contributed by atoms with Gasteiger partial charge in [-0.15, -0.1) is 0 Å². The highest BCUT2D eigenvalue weighted by atomic mass is 19.4. The highest BCUT2D eigenvalue weighted by Gasteiger charge is 2.31. The average Bonchev–Trinajstić information content (AvgIpc) is 2.32. The highest BCUT2D eigenvalue weighted by Crippen LogP contribution is 2.33. The van der Waals surface area contributed by atoms with Gasteiger partial charge in [0.05, 0.1) is 16.9 Å². The van der Waals surface area contributed by atoms with Crippen molar-refractivity contribution in [2.75, 3.05) is 5.73 Å². The molecule has 0 aliphatic heterocycles. The molecule has 19 heavy (non-hydrogen) atoms. The standard InChI is InChI=1S/C13H10F4N2/c1-7-12(18)4-8(6-19-7)10-5-9(13(15,16)17)2-3-11(10)14/h2-6H,18H2,1H3. The Morgan fingerprint density at radius 2 is 1.84 bits per heavy atom. The Morgan fingerprint density at radius 1 is 1.16 bits per heavy atom. The second kappa shape index (κ2) is 4.53. The summed E-state index contributed by atoms with van der Waals surface area (Å²) in [7, 11) is 0. The molecule has 0 radical (unpaired) electrons. The first-order valence-electron chi connectivity index (χ1n) is 5.38. The van der Waals surface area contributed by atoms with Crippen molar-refractivity contribution in [3.63, 3.8) is 0 Å². The van der Waals surface area contributed by atoms with Gasteiger partial charge in [-0.25, -0.2) is 4.39 Å². The van der Waals surface area contributed by atoms with Crippen molar-refractivity contribution in [3.05, 3.63) is 47.5 Å². The maximum absolute atomic E-state index is 13.6. The summed E-state index contributed by atoms with van der Waals surface area (Å²) in [6.45, 7) is 1.65. The topological polar surface area (TPSA) is 38.9 Å². The van der Waals surface area contributed by atoms with Crippen LogP contribution in [0.5, 0.6) is 0 Å². The highest BCUT2D eigenvalue weighted by molar-refractivity contribution is 5.68. The molecule has 1 aromatic heterocycles. The quantitative estimate of drug-likeness (QED) is 0.800. The van der Waals surface area contributed by atoms with E-state index in [1.807, 2.05) is 0 Å². The van der Waals surface area contributed by atoms with Crippen LogP contribution in [0.3, 0.4) is 0 Å². The van der Waals surface area contributed by atoms with Gasteiger partial charge in [0, 0.05) is 17.3 Å². The van der Waals surface area contributed by atoms with E-state index < -0.39 is 17.6 Å². The zero-order valence-electron chi connectivity index (χ0n) is 9.92. The molecule has 0 saturated heterocycles. The lowest BCUT2D eigenvalue weighted by Crippen LogP contribution is -2.05. The first-order chi connectivity index (χ1) is 8.79. The third-order valence-corrected chi connectivity index (χ3v) is 2.73. The molecular formula is C13H10F4N2. The van der Waals surface area contributed by atoms with Gasteiger partial charge >= 0.3 is 6.18 Å². The molecular weight excluding hydrogens is 260 g/mol. The maximum Gasteiger partial charge on any atom is 0.416 e. The molecule has 0 fully saturated rings. The lowest BCUT2D eigenvalue weighted by Gasteiger charge is -2.10. The SMILES string of the molecule is Cc1ncc(-c2cc(C(F)(F)F)ccc2F)cc1N. The number of benzene rings is 1. The monoisotopic (exact) mass is 270 g/mol. The number of nitrogen functional groups attached to an aromatic ring is 1. The lowest BCUT2D eigenvalue weighted by molar-refractivity contribution is -0.137. The Labute approximate surface area is 106 Å². The van der Waals surface area contributed by atoms with Crippen molar-refractivity contribution >= 4 is 5.69 Å². The summed E-state index contributed by atoms with van der Waals surface area (Å²) in [5, 5.41) is 0. The fraction of sp³-hybridized carbons (Fsp3) is 0.154. The molecule has 0 aliphatic carbocycles. The van der Waals surface area contributed by atoms with Gasteiger partial charge in [-0.2, -0.15) is 13.2 Å². The van der Waals surface area contributed by atoms with E-state index in [9.17, 15) is 17.6 Å². The van der Waals surface area contributed by atoms with Gasteiger partial charge in [0.1, 0.15) is 5.82 Å². The van der Waals surface area contributed by atoms with Gasteiger partial charge in [-0.1, -0.05) is 0 Å². The predicted molar refractivity (Wildman–Crippen MR) is 63.8 cm³/mol. The number of halogens is 4. The van der Waals surface area contributed by atoms with Crippen LogP contribution in [0.4, 0.5) is 23.2 Å². The molecule has 1 aromatic carbocycles. The van der Waals surface area contributed by atoms with Gasteiger partial charge < -0.3 is 5.73 Å². The minimum Gasteiger partial charge on any atom is -0.397 e. The van der Waals surface area contributed by atoms with Gasteiger partial charge in [0.25, 0.3) is 0 Å². The van der Waals surface area contributed by atoms with Crippen LogP contribution in [0.15, 0.2) is 30.5 Å². The number of alkyl halides is 3. The third kappa shape index (κ3) is 2.67. The summed E-state index contributed by atoms with van der Waals surface area (Å²) >= 11 is 0. The smallest absolute Gasteiger partial charge is 0.397 e. The molecule has 0 spiro atoms.